The van der Waals surface area contributed by atoms with Gasteiger partial charge < -0.3 is 9.84 Å². The molecule has 0 amide bonds. The highest BCUT2D eigenvalue weighted by Crippen LogP contribution is 2.66. The van der Waals surface area contributed by atoms with Crippen LogP contribution in [-0.4, -0.2) is 23.0 Å². The maximum Gasteiger partial charge on any atom is 0.302 e. The maximum absolute atomic E-state index is 12.6. The molecular weight excluding hydrogens is 352 g/mol. The second kappa shape index (κ2) is 7.03. The average molecular weight is 387 g/mol. The van der Waals surface area contributed by atoms with Gasteiger partial charge in [0.05, 0.1) is 6.26 Å². The first-order valence-electron chi connectivity index (χ1n) is 11.0. The molecule has 1 N–H and O–H groups in total. The number of aliphatic hydroxyl groups is 1. The molecule has 4 rings (SSSR count). The molecule has 0 radical (unpaired) electrons. The Labute approximate surface area is 168 Å². The zero-order valence-corrected chi connectivity index (χ0v) is 17.4. The van der Waals surface area contributed by atoms with Crippen LogP contribution in [0.5, 0.6) is 0 Å². The summed E-state index contributed by atoms with van der Waals surface area (Å²) in [5, 5.41) is 9.06. The van der Waals surface area contributed by atoms with E-state index in [-0.39, 0.29) is 34.6 Å². The molecule has 0 aromatic rings. The van der Waals surface area contributed by atoms with Crippen molar-refractivity contribution < 1.29 is 19.4 Å². The fourth-order valence-corrected chi connectivity index (χ4v) is 7.62. The van der Waals surface area contributed by atoms with Crippen molar-refractivity contribution in [3.8, 4) is 0 Å². The molecule has 4 aliphatic carbocycles. The van der Waals surface area contributed by atoms with Crippen LogP contribution >= 0.6 is 0 Å². The van der Waals surface area contributed by atoms with Crippen molar-refractivity contribution in [2.75, 3.05) is 0 Å². The van der Waals surface area contributed by atoms with Crippen LogP contribution < -0.4 is 0 Å². The number of fused-ring (bicyclic) bond motifs is 5. The molecule has 0 unspecified atom stereocenters. The zero-order chi connectivity index (χ0) is 20.1. The minimum absolute atomic E-state index is 0.0426. The molecule has 4 heteroatoms. The smallest absolute Gasteiger partial charge is 0.302 e. The van der Waals surface area contributed by atoms with Crippen molar-refractivity contribution >= 4 is 11.8 Å². The molecule has 4 nitrogen and oxygen atoms in total. The number of carbonyl (C=O) groups is 2. The van der Waals surface area contributed by atoms with Crippen LogP contribution in [-0.2, 0) is 14.3 Å². The molecule has 0 bridgehead atoms. The second-order valence-electron chi connectivity index (χ2n) is 10.1. The summed E-state index contributed by atoms with van der Waals surface area (Å²) in [6, 6.07) is 0. The predicted octanol–water partition coefficient (Wildman–Crippen LogP) is 5.14. The van der Waals surface area contributed by atoms with E-state index in [1.807, 2.05) is 0 Å². The van der Waals surface area contributed by atoms with Crippen molar-refractivity contribution in [3.63, 3.8) is 0 Å². The predicted molar refractivity (Wildman–Crippen MR) is 108 cm³/mol. The van der Waals surface area contributed by atoms with E-state index < -0.39 is 0 Å². The molecule has 0 heterocycles. The monoisotopic (exact) mass is 386 g/mol. The summed E-state index contributed by atoms with van der Waals surface area (Å²) in [7, 11) is 0. The summed E-state index contributed by atoms with van der Waals surface area (Å²) in [5.74, 6) is 1.90. The number of hydrogen-bond donors (Lipinski definition) is 1. The van der Waals surface area contributed by atoms with E-state index in [4.69, 9.17) is 9.84 Å². The van der Waals surface area contributed by atoms with Crippen LogP contribution in [0.15, 0.2) is 24.0 Å². The molecular formula is C24H34O4. The lowest BCUT2D eigenvalue weighted by Gasteiger charge is -2.58. The van der Waals surface area contributed by atoms with Crippen LogP contribution in [0.2, 0.25) is 0 Å². The van der Waals surface area contributed by atoms with Crippen LogP contribution in [0, 0.1) is 34.5 Å². The number of carbonyl (C=O) groups excluding carboxylic acids is 2. The average Bonchev–Trinajstić information content (AvgIpc) is 2.99. The van der Waals surface area contributed by atoms with Gasteiger partial charge in [-0.25, -0.2) is 0 Å². The van der Waals surface area contributed by atoms with Crippen LogP contribution in [0.1, 0.15) is 72.1 Å². The van der Waals surface area contributed by atoms with Gasteiger partial charge in [0.1, 0.15) is 6.10 Å². The Balaban J connectivity index is 1.57. The van der Waals surface area contributed by atoms with Gasteiger partial charge in [0, 0.05) is 25.3 Å². The molecule has 0 aromatic carbocycles. The summed E-state index contributed by atoms with van der Waals surface area (Å²) in [4.78, 5) is 24.0. The summed E-state index contributed by atoms with van der Waals surface area (Å²) in [6.07, 6.45) is 13.2. The van der Waals surface area contributed by atoms with Crippen molar-refractivity contribution in [1.82, 2.24) is 0 Å². The Bertz CT molecular complexity index is 722. The van der Waals surface area contributed by atoms with Gasteiger partial charge in [-0.15, -0.1) is 0 Å². The third kappa shape index (κ3) is 2.95. The lowest BCUT2D eigenvalue weighted by molar-refractivity contribution is -0.149. The van der Waals surface area contributed by atoms with Crippen molar-refractivity contribution in [1.29, 1.82) is 0 Å². The number of ether oxygens (including phenoxy) is 1. The first kappa shape index (κ1) is 19.7. The lowest BCUT2D eigenvalue weighted by Crippen LogP contribution is -2.51. The molecule has 3 fully saturated rings. The molecule has 0 spiro atoms. The molecule has 7 atom stereocenters. The minimum atomic E-state index is -0.171. The zero-order valence-electron chi connectivity index (χ0n) is 17.4. The molecule has 4 aliphatic rings. The molecule has 28 heavy (non-hydrogen) atoms. The lowest BCUT2D eigenvalue weighted by atomic mass is 9.47. The number of hydrogen-bond acceptors (Lipinski definition) is 4. The first-order chi connectivity index (χ1) is 13.3. The van der Waals surface area contributed by atoms with E-state index in [0.717, 1.165) is 51.2 Å². The van der Waals surface area contributed by atoms with Crippen LogP contribution in [0.25, 0.3) is 0 Å². The SMILES string of the molecule is CC(=O)O[C@H]1CC[C@@]2(C)C(=CC[C@H]3[C@@H]4CC[C@H](C(=O)/C=C/O)[C@@]4(C)CC[C@@H]32)C1. The van der Waals surface area contributed by atoms with E-state index in [2.05, 4.69) is 19.9 Å². The number of aliphatic hydroxyl groups excluding tert-OH is 1. The van der Waals surface area contributed by atoms with E-state index in [0.29, 0.717) is 17.8 Å². The van der Waals surface area contributed by atoms with Crippen molar-refractivity contribution in [2.24, 2.45) is 34.5 Å². The molecule has 0 saturated heterocycles. The largest absolute Gasteiger partial charge is 0.515 e. The number of rotatable bonds is 3. The minimum Gasteiger partial charge on any atom is -0.515 e. The topological polar surface area (TPSA) is 63.6 Å². The van der Waals surface area contributed by atoms with Crippen molar-refractivity contribution in [2.45, 2.75) is 78.2 Å². The van der Waals surface area contributed by atoms with Gasteiger partial charge in [-0.1, -0.05) is 25.5 Å². The number of esters is 1. The van der Waals surface area contributed by atoms with E-state index >= 15 is 0 Å². The van der Waals surface area contributed by atoms with Gasteiger partial charge in [0.15, 0.2) is 5.78 Å². The van der Waals surface area contributed by atoms with Gasteiger partial charge in [0.25, 0.3) is 0 Å². The van der Waals surface area contributed by atoms with Crippen molar-refractivity contribution in [3.05, 3.63) is 24.0 Å². The van der Waals surface area contributed by atoms with E-state index in [1.165, 1.54) is 25.0 Å². The standard InChI is InChI=1S/C24H34O4/c1-15(26)28-17-8-11-23(2)16(14-17)4-5-18-19-6-7-21(22(27)10-13-25)24(19,3)12-9-20(18)23/h4,10,13,17-21,25H,5-9,11-12,14H2,1-3H3/b13-10+/t17-,18-,19-,20-,21+,23-,24-/m0/s1. The van der Waals surface area contributed by atoms with Gasteiger partial charge in [-0.05, 0) is 73.5 Å². The third-order valence-corrected chi connectivity index (χ3v) is 8.97. The molecule has 154 valence electrons. The molecule has 0 aliphatic heterocycles. The summed E-state index contributed by atoms with van der Waals surface area (Å²) < 4.78 is 5.53. The second-order valence-corrected chi connectivity index (χ2v) is 10.1. The van der Waals surface area contributed by atoms with Gasteiger partial charge >= 0.3 is 5.97 Å². The maximum atomic E-state index is 12.6. The molecule has 0 aromatic heterocycles. The van der Waals surface area contributed by atoms with Gasteiger partial charge in [0.2, 0.25) is 0 Å². The van der Waals surface area contributed by atoms with E-state index in [9.17, 15) is 9.59 Å². The number of allylic oxidation sites excluding steroid dienone is 2. The fourth-order valence-electron chi connectivity index (χ4n) is 7.62. The Hall–Kier alpha value is -1.58. The quantitative estimate of drug-likeness (QED) is 0.316. The van der Waals surface area contributed by atoms with Gasteiger partial charge in [-0.2, -0.15) is 0 Å². The Kier molecular flexibility index (Phi) is 4.96. The number of ketones is 1. The van der Waals surface area contributed by atoms with E-state index in [1.54, 1.807) is 0 Å². The highest BCUT2D eigenvalue weighted by atomic mass is 16.5. The Morgan fingerprint density at radius 2 is 1.93 bits per heavy atom. The first-order valence-corrected chi connectivity index (χ1v) is 11.0. The third-order valence-electron chi connectivity index (χ3n) is 8.97. The Morgan fingerprint density at radius 3 is 2.64 bits per heavy atom. The van der Waals surface area contributed by atoms with Gasteiger partial charge in [-0.3, -0.25) is 9.59 Å². The fraction of sp³-hybridized carbons (Fsp3) is 0.750. The van der Waals surface area contributed by atoms with Crippen LogP contribution in [0.4, 0.5) is 0 Å². The summed E-state index contributed by atoms with van der Waals surface area (Å²) in [5.41, 5.74) is 1.78. The normalized spacial score (nSPS) is 45.0. The van der Waals surface area contributed by atoms with Crippen LogP contribution in [0.3, 0.4) is 0 Å². The summed E-state index contributed by atoms with van der Waals surface area (Å²) >= 11 is 0. The molecule has 3 saturated carbocycles. The Morgan fingerprint density at radius 1 is 1.14 bits per heavy atom. The highest BCUT2D eigenvalue weighted by Gasteiger charge is 2.59. The highest BCUT2D eigenvalue weighted by molar-refractivity contribution is 5.92. The summed E-state index contributed by atoms with van der Waals surface area (Å²) in [6.45, 7) is 6.27.